The van der Waals surface area contributed by atoms with Crippen LogP contribution in [0.4, 0.5) is 0 Å². The lowest BCUT2D eigenvalue weighted by atomic mass is 10.1. The molecule has 0 spiro atoms. The van der Waals surface area contributed by atoms with Crippen molar-refractivity contribution in [3.63, 3.8) is 0 Å². The van der Waals surface area contributed by atoms with Crippen molar-refractivity contribution in [3.05, 3.63) is 85.1 Å². The Kier molecular flexibility index (Phi) is 51.4. The number of hydrogen-bond acceptors (Lipinski definition) is 10. The molecule has 12 heteroatoms. The lowest BCUT2D eigenvalue weighted by molar-refractivity contribution is -0.161. The number of allylic oxidation sites excluding steroid dienone is 14. The number of aliphatic hydroxyl groups is 1. The first-order valence-electron chi connectivity index (χ1n) is 28.5. The van der Waals surface area contributed by atoms with E-state index >= 15 is 0 Å². The molecule has 0 fully saturated rings. The zero-order chi connectivity index (χ0) is 52.7. The van der Waals surface area contributed by atoms with Gasteiger partial charge in [0.05, 0.1) is 19.8 Å². The number of aliphatic hydroxyl groups excluding tert-OH is 1. The number of hydrogen-bond donors (Lipinski definition) is 2. The van der Waals surface area contributed by atoms with Crippen molar-refractivity contribution in [2.45, 2.75) is 251 Å². The van der Waals surface area contributed by atoms with E-state index in [9.17, 15) is 28.9 Å². The molecule has 0 aliphatic heterocycles. The van der Waals surface area contributed by atoms with Gasteiger partial charge in [0.2, 0.25) is 0 Å². The lowest BCUT2D eigenvalue weighted by Crippen LogP contribution is -2.30. The Morgan fingerprint density at radius 3 is 1.17 bits per heavy atom. The Balaban J connectivity index is 4.83. The molecule has 0 aromatic rings. The molecule has 3 unspecified atom stereocenters. The number of carbonyl (C=O) groups is 3. The Labute approximate surface area is 439 Å². The summed E-state index contributed by atoms with van der Waals surface area (Å²) in [6.07, 6.45) is 61.4. The minimum atomic E-state index is -4.76. The van der Waals surface area contributed by atoms with E-state index in [1.807, 2.05) is 12.2 Å². The minimum absolute atomic E-state index is 0.0989. The van der Waals surface area contributed by atoms with Gasteiger partial charge in [0, 0.05) is 19.3 Å². The van der Waals surface area contributed by atoms with Crippen LogP contribution in [0.3, 0.4) is 0 Å². The molecule has 2 N–H and O–H groups in total. The molecule has 0 saturated carbocycles. The Morgan fingerprint density at radius 2 is 0.750 bits per heavy atom. The molecule has 0 saturated heterocycles. The maximum Gasteiger partial charge on any atom is 0.472 e. The summed E-state index contributed by atoms with van der Waals surface area (Å²) in [5.74, 6) is -1.57. The molecule has 0 aromatic carbocycles. The molecule has 414 valence electrons. The van der Waals surface area contributed by atoms with Gasteiger partial charge in [0.15, 0.2) is 6.10 Å². The van der Waals surface area contributed by atoms with E-state index in [4.69, 9.17) is 23.3 Å². The van der Waals surface area contributed by atoms with Gasteiger partial charge in [-0.25, -0.2) is 4.57 Å². The van der Waals surface area contributed by atoms with Gasteiger partial charge < -0.3 is 24.2 Å². The third kappa shape index (κ3) is 51.6. The van der Waals surface area contributed by atoms with Crippen molar-refractivity contribution in [1.29, 1.82) is 0 Å². The first-order chi connectivity index (χ1) is 35.2. The molecule has 0 aromatic heterocycles. The van der Waals surface area contributed by atoms with Gasteiger partial charge in [0.25, 0.3) is 0 Å². The highest BCUT2D eigenvalue weighted by molar-refractivity contribution is 7.47. The maximum atomic E-state index is 12.9. The molecule has 0 radical (unpaired) electrons. The fourth-order valence-electron chi connectivity index (χ4n) is 7.49. The van der Waals surface area contributed by atoms with E-state index in [-0.39, 0.29) is 25.9 Å². The summed E-state index contributed by atoms with van der Waals surface area (Å²) in [6.45, 7) is 4.41. The predicted molar refractivity (Wildman–Crippen MR) is 298 cm³/mol. The molecule has 0 bridgehead atoms. The molecule has 0 aliphatic carbocycles. The monoisotopic (exact) mass is 1030 g/mol. The molecule has 3 atom stereocenters. The predicted octanol–water partition coefficient (Wildman–Crippen LogP) is 16.7. The second-order valence-corrected chi connectivity index (χ2v) is 20.2. The summed E-state index contributed by atoms with van der Waals surface area (Å²) < 4.78 is 39.3. The highest BCUT2D eigenvalue weighted by Crippen LogP contribution is 2.43. The number of ether oxygens (including phenoxy) is 3. The van der Waals surface area contributed by atoms with E-state index in [0.717, 1.165) is 89.9 Å². The second-order valence-electron chi connectivity index (χ2n) is 18.7. The van der Waals surface area contributed by atoms with Crippen LogP contribution in [-0.2, 0) is 42.2 Å². The van der Waals surface area contributed by atoms with Gasteiger partial charge >= 0.3 is 25.7 Å². The van der Waals surface area contributed by atoms with Crippen LogP contribution in [0.15, 0.2) is 85.1 Å². The van der Waals surface area contributed by atoms with Crippen molar-refractivity contribution in [2.75, 3.05) is 26.4 Å². The normalized spacial score (nSPS) is 14.0. The van der Waals surface area contributed by atoms with Gasteiger partial charge in [-0.05, 0) is 83.5 Å². The summed E-state index contributed by atoms with van der Waals surface area (Å²) in [4.78, 5) is 48.4. The van der Waals surface area contributed by atoms with E-state index in [1.165, 1.54) is 89.9 Å². The van der Waals surface area contributed by atoms with E-state index < -0.39 is 57.8 Å². The molecular weight excluding hydrogens is 928 g/mol. The van der Waals surface area contributed by atoms with Crippen molar-refractivity contribution in [2.24, 2.45) is 0 Å². The van der Waals surface area contributed by atoms with Crippen LogP contribution in [-0.4, -0.2) is 66.5 Å². The Morgan fingerprint density at radius 1 is 0.403 bits per heavy atom. The van der Waals surface area contributed by atoms with Gasteiger partial charge in [-0.15, -0.1) is 0 Å². The van der Waals surface area contributed by atoms with Crippen LogP contribution in [0.1, 0.15) is 239 Å². The van der Waals surface area contributed by atoms with Gasteiger partial charge in [-0.1, -0.05) is 221 Å². The number of rotatable bonds is 52. The molecule has 72 heavy (non-hydrogen) atoms. The lowest BCUT2D eigenvalue weighted by Gasteiger charge is -2.21. The number of unbranched alkanes of at least 4 members (excludes halogenated alkanes) is 21. The van der Waals surface area contributed by atoms with Crippen LogP contribution in [0.25, 0.3) is 0 Å². The third-order valence-corrected chi connectivity index (χ3v) is 12.8. The summed E-state index contributed by atoms with van der Waals surface area (Å²) in [5, 5.41) is 9.77. The highest BCUT2D eigenvalue weighted by atomic mass is 31.2. The van der Waals surface area contributed by atoms with Crippen LogP contribution in [0.5, 0.6) is 0 Å². The zero-order valence-corrected chi connectivity index (χ0v) is 46.5. The van der Waals surface area contributed by atoms with Crippen molar-refractivity contribution >= 4 is 25.7 Å². The first kappa shape index (κ1) is 68.7. The summed E-state index contributed by atoms with van der Waals surface area (Å²) >= 11 is 0. The average molecular weight is 1030 g/mol. The fourth-order valence-corrected chi connectivity index (χ4v) is 8.28. The van der Waals surface area contributed by atoms with E-state index in [1.54, 1.807) is 0 Å². The molecule has 0 rings (SSSR count). The van der Waals surface area contributed by atoms with E-state index in [0.29, 0.717) is 19.3 Å². The second kappa shape index (κ2) is 53.9. The molecule has 0 amide bonds. The van der Waals surface area contributed by atoms with Gasteiger partial charge in [0.1, 0.15) is 12.7 Å². The van der Waals surface area contributed by atoms with Crippen LogP contribution in [0, 0.1) is 0 Å². The smallest absolute Gasteiger partial charge is 0.462 e. The Bertz CT molecular complexity index is 1530. The van der Waals surface area contributed by atoms with Crippen molar-refractivity contribution in [3.8, 4) is 0 Å². The quantitative estimate of drug-likeness (QED) is 0.0197. The maximum absolute atomic E-state index is 12.9. The fraction of sp³-hybridized carbons (Fsp3) is 0.717. The number of phosphoric acid groups is 1. The minimum Gasteiger partial charge on any atom is -0.462 e. The number of phosphoric ester groups is 1. The number of carbonyl (C=O) groups excluding carboxylic acids is 3. The zero-order valence-electron chi connectivity index (χ0n) is 45.6. The van der Waals surface area contributed by atoms with Crippen LogP contribution >= 0.6 is 7.82 Å². The molecular formula is C60H103O11P. The largest absolute Gasteiger partial charge is 0.472 e. The Hall–Kier alpha value is -3.34. The van der Waals surface area contributed by atoms with Crippen LogP contribution in [0.2, 0.25) is 0 Å². The standard InChI is InChI=1S/C60H103O11P/c1-4-7-10-13-16-19-21-23-25-27-28-30-31-33-35-38-40-43-46-49-58(62)67-53-57(71-60(64)51-48-45-42-39-36-34-32-29-26-24-22-20-17-14-11-8-5-2)55-69-72(65,66)68-54-56(52-61)70-59(63)50-47-44-41-37-18-15-12-9-6-3/h7,10,16,19,23-26,28,30,33,35,40,43,56-57,61H,4-6,8-9,11-15,17-18,20-22,27,29,31-32,34,36-39,41-42,44-55H2,1-3H3,(H,65,66)/b10-7-,19-16-,25-23-,26-24-,30-28-,35-33-,43-40-. The number of esters is 3. The molecule has 11 nitrogen and oxygen atoms in total. The van der Waals surface area contributed by atoms with Gasteiger partial charge in [-0.2, -0.15) is 0 Å². The SMILES string of the molecule is CC/C=C\C/C=C\C/C=C\C/C=C\C/C=C\C/C=C\CCC(=O)OCC(COP(=O)(O)OCC(CO)OC(=O)CCCCCCCCCCC)OC(=O)CCCCCCCCC/C=C\CCCCCCCC. The highest BCUT2D eigenvalue weighted by Gasteiger charge is 2.28. The topological polar surface area (TPSA) is 155 Å². The first-order valence-corrected chi connectivity index (χ1v) is 30.0. The summed E-state index contributed by atoms with van der Waals surface area (Å²) in [5.41, 5.74) is 0. The van der Waals surface area contributed by atoms with E-state index in [2.05, 4.69) is 93.7 Å². The summed E-state index contributed by atoms with van der Waals surface area (Å²) in [7, 11) is -4.76. The van der Waals surface area contributed by atoms with Crippen molar-refractivity contribution in [1.82, 2.24) is 0 Å². The van der Waals surface area contributed by atoms with Crippen LogP contribution < -0.4 is 0 Å². The van der Waals surface area contributed by atoms with Gasteiger partial charge in [-0.3, -0.25) is 23.4 Å². The summed E-state index contributed by atoms with van der Waals surface area (Å²) in [6, 6.07) is 0. The van der Waals surface area contributed by atoms with Crippen molar-refractivity contribution < 1.29 is 52.2 Å². The average Bonchev–Trinajstić information content (AvgIpc) is 3.37. The molecule has 0 aliphatic rings. The third-order valence-electron chi connectivity index (χ3n) is 11.8. The molecule has 0 heterocycles.